The maximum absolute atomic E-state index is 12.3. The molecular weight excluding hydrogens is 318 g/mol. The highest BCUT2D eigenvalue weighted by Crippen LogP contribution is 2.42. The Bertz CT molecular complexity index is 758. The highest BCUT2D eigenvalue weighted by atomic mass is 16.2. The van der Waals surface area contributed by atoms with Crippen molar-refractivity contribution in [1.82, 2.24) is 10.6 Å². The molecule has 1 fully saturated rings. The Morgan fingerprint density at radius 2 is 2.00 bits per heavy atom. The molecule has 1 aliphatic heterocycles. The van der Waals surface area contributed by atoms with Crippen LogP contribution in [0.5, 0.6) is 0 Å². The average Bonchev–Trinajstić information content (AvgIpc) is 3.20. The molecule has 0 aromatic heterocycles. The molecule has 0 radical (unpaired) electrons. The third kappa shape index (κ3) is 3.16. The summed E-state index contributed by atoms with van der Waals surface area (Å²) in [6.07, 6.45) is 6.78. The number of para-hydroxylation sites is 1. The van der Waals surface area contributed by atoms with Crippen molar-refractivity contribution >= 4 is 23.4 Å². The van der Waals surface area contributed by atoms with Gasteiger partial charge >= 0.3 is 0 Å². The molecule has 4 rings (SSSR count). The van der Waals surface area contributed by atoms with Crippen molar-refractivity contribution in [3.05, 3.63) is 42.0 Å². The fourth-order valence-electron chi connectivity index (χ4n) is 4.09. The van der Waals surface area contributed by atoms with Crippen molar-refractivity contribution < 1.29 is 14.4 Å². The van der Waals surface area contributed by atoms with Gasteiger partial charge in [-0.15, -0.1) is 0 Å². The van der Waals surface area contributed by atoms with Gasteiger partial charge in [0.1, 0.15) is 6.04 Å². The lowest BCUT2D eigenvalue weighted by Crippen LogP contribution is -2.45. The van der Waals surface area contributed by atoms with E-state index in [1.807, 2.05) is 0 Å². The largest absolute Gasteiger partial charge is 0.356 e. The SMILES string of the molecule is O=C(C[C@@H]1NC(=O)c2ccccc2NC1=O)NC[C@H]1C[C@H]2C=C[C@H]1C2. The van der Waals surface area contributed by atoms with E-state index in [9.17, 15) is 14.4 Å². The molecule has 2 bridgehead atoms. The lowest BCUT2D eigenvalue weighted by molar-refractivity contribution is -0.125. The predicted octanol–water partition coefficient (Wildman–Crippen LogP) is 1.46. The van der Waals surface area contributed by atoms with Crippen LogP contribution in [0.2, 0.25) is 0 Å². The molecule has 0 spiro atoms. The van der Waals surface area contributed by atoms with Crippen molar-refractivity contribution in [3.8, 4) is 0 Å². The van der Waals surface area contributed by atoms with Crippen LogP contribution in [0.25, 0.3) is 0 Å². The molecule has 1 heterocycles. The number of carbonyl (C=O) groups is 3. The van der Waals surface area contributed by atoms with Crippen LogP contribution in [0.15, 0.2) is 36.4 Å². The zero-order valence-electron chi connectivity index (χ0n) is 13.8. The first-order chi connectivity index (χ1) is 12.1. The van der Waals surface area contributed by atoms with E-state index in [0.29, 0.717) is 35.5 Å². The maximum atomic E-state index is 12.3. The average molecular weight is 339 g/mol. The molecule has 130 valence electrons. The maximum Gasteiger partial charge on any atom is 0.254 e. The smallest absolute Gasteiger partial charge is 0.254 e. The van der Waals surface area contributed by atoms with E-state index < -0.39 is 6.04 Å². The van der Waals surface area contributed by atoms with Gasteiger partial charge in [-0.2, -0.15) is 0 Å². The molecule has 4 atom stereocenters. The lowest BCUT2D eigenvalue weighted by atomic mass is 9.93. The summed E-state index contributed by atoms with van der Waals surface area (Å²) in [5.74, 6) is 0.804. The Balaban J connectivity index is 1.34. The van der Waals surface area contributed by atoms with Crippen molar-refractivity contribution in [2.24, 2.45) is 17.8 Å². The molecule has 0 saturated heterocycles. The van der Waals surface area contributed by atoms with Gasteiger partial charge in [0.15, 0.2) is 0 Å². The van der Waals surface area contributed by atoms with Crippen LogP contribution in [0.3, 0.4) is 0 Å². The molecule has 2 aliphatic carbocycles. The topological polar surface area (TPSA) is 87.3 Å². The number of anilines is 1. The number of rotatable bonds is 4. The second-order valence-electron chi connectivity index (χ2n) is 7.11. The van der Waals surface area contributed by atoms with Gasteiger partial charge in [-0.05, 0) is 42.7 Å². The second kappa shape index (κ2) is 6.35. The highest BCUT2D eigenvalue weighted by molar-refractivity contribution is 6.10. The molecule has 0 unspecified atom stereocenters. The van der Waals surface area contributed by atoms with Gasteiger partial charge in [0.25, 0.3) is 5.91 Å². The van der Waals surface area contributed by atoms with Crippen LogP contribution >= 0.6 is 0 Å². The summed E-state index contributed by atoms with van der Waals surface area (Å²) in [5, 5.41) is 8.29. The van der Waals surface area contributed by atoms with Gasteiger partial charge in [-0.1, -0.05) is 24.3 Å². The van der Waals surface area contributed by atoms with Crippen molar-refractivity contribution in [3.63, 3.8) is 0 Å². The van der Waals surface area contributed by atoms with Crippen molar-refractivity contribution in [2.75, 3.05) is 11.9 Å². The minimum Gasteiger partial charge on any atom is -0.356 e. The van der Waals surface area contributed by atoms with Gasteiger partial charge in [0.05, 0.1) is 17.7 Å². The zero-order chi connectivity index (χ0) is 17.4. The highest BCUT2D eigenvalue weighted by Gasteiger charge is 2.36. The van der Waals surface area contributed by atoms with Gasteiger partial charge in [-0.3, -0.25) is 14.4 Å². The number of benzene rings is 1. The van der Waals surface area contributed by atoms with Crippen LogP contribution in [0, 0.1) is 17.8 Å². The summed E-state index contributed by atoms with van der Waals surface area (Å²) in [6.45, 7) is 0.632. The minimum atomic E-state index is -0.861. The molecule has 3 amide bonds. The van der Waals surface area contributed by atoms with E-state index >= 15 is 0 Å². The lowest BCUT2D eigenvalue weighted by Gasteiger charge is -2.19. The van der Waals surface area contributed by atoms with Crippen molar-refractivity contribution in [2.45, 2.75) is 25.3 Å². The number of fused-ring (bicyclic) bond motifs is 3. The third-order valence-electron chi connectivity index (χ3n) is 5.42. The Kier molecular flexibility index (Phi) is 4.03. The molecular formula is C19H21N3O3. The molecule has 3 N–H and O–H groups in total. The Labute approximate surface area is 146 Å². The minimum absolute atomic E-state index is 0.0534. The van der Waals surface area contributed by atoms with E-state index in [-0.39, 0.29) is 24.1 Å². The fourth-order valence-corrected chi connectivity index (χ4v) is 4.09. The van der Waals surface area contributed by atoms with Crippen LogP contribution in [-0.4, -0.2) is 30.3 Å². The van der Waals surface area contributed by atoms with E-state index in [1.165, 1.54) is 6.42 Å². The van der Waals surface area contributed by atoms with E-state index in [0.717, 1.165) is 6.42 Å². The quantitative estimate of drug-likeness (QED) is 0.726. The Hall–Kier alpha value is -2.63. The zero-order valence-corrected chi connectivity index (χ0v) is 13.8. The van der Waals surface area contributed by atoms with Crippen LogP contribution in [-0.2, 0) is 9.59 Å². The summed E-state index contributed by atoms with van der Waals surface area (Å²) >= 11 is 0. The van der Waals surface area contributed by atoms with Crippen LogP contribution in [0.1, 0.15) is 29.6 Å². The summed E-state index contributed by atoms with van der Waals surface area (Å²) in [7, 11) is 0. The monoisotopic (exact) mass is 339 g/mol. The van der Waals surface area contributed by atoms with Crippen LogP contribution in [0.4, 0.5) is 5.69 Å². The van der Waals surface area contributed by atoms with Crippen molar-refractivity contribution in [1.29, 1.82) is 0 Å². The predicted molar refractivity (Wildman–Crippen MR) is 92.8 cm³/mol. The van der Waals surface area contributed by atoms with E-state index in [4.69, 9.17) is 0 Å². The Morgan fingerprint density at radius 1 is 1.16 bits per heavy atom. The molecule has 6 nitrogen and oxygen atoms in total. The standard InChI is InChI=1S/C19H21N3O3/c23-17(20-10-13-8-11-5-6-12(13)7-11)9-16-19(25)21-15-4-2-1-3-14(15)18(24)22-16/h1-6,11-13,16H,7-10H2,(H,20,23)(H,21,25)(H,22,24)/t11-,12-,13+,16-/m0/s1. The number of amides is 3. The summed E-state index contributed by atoms with van der Waals surface area (Å²) in [6, 6.07) is 5.96. The first-order valence-corrected chi connectivity index (χ1v) is 8.76. The number of hydrogen-bond acceptors (Lipinski definition) is 3. The van der Waals surface area contributed by atoms with Gasteiger partial charge in [0, 0.05) is 6.54 Å². The third-order valence-corrected chi connectivity index (χ3v) is 5.42. The summed E-state index contributed by atoms with van der Waals surface area (Å²) in [4.78, 5) is 36.8. The first kappa shape index (κ1) is 15.9. The number of hydrogen-bond donors (Lipinski definition) is 3. The molecule has 6 heteroatoms. The van der Waals surface area contributed by atoms with E-state index in [2.05, 4.69) is 28.1 Å². The molecule has 25 heavy (non-hydrogen) atoms. The second-order valence-corrected chi connectivity index (χ2v) is 7.11. The number of allylic oxidation sites excluding steroid dienone is 2. The first-order valence-electron chi connectivity index (χ1n) is 8.76. The molecule has 1 aromatic carbocycles. The summed E-state index contributed by atoms with van der Waals surface area (Å²) < 4.78 is 0. The normalized spacial score (nSPS) is 29.6. The van der Waals surface area contributed by atoms with Crippen LogP contribution < -0.4 is 16.0 Å². The molecule has 1 saturated carbocycles. The molecule has 1 aromatic rings. The number of nitrogens with one attached hydrogen (secondary N) is 3. The summed E-state index contributed by atoms with van der Waals surface area (Å²) in [5.41, 5.74) is 0.884. The molecule has 3 aliphatic rings. The fraction of sp³-hybridized carbons (Fsp3) is 0.421. The van der Waals surface area contributed by atoms with Gasteiger partial charge in [0.2, 0.25) is 11.8 Å². The number of carbonyl (C=O) groups excluding carboxylic acids is 3. The Morgan fingerprint density at radius 3 is 2.76 bits per heavy atom. The van der Waals surface area contributed by atoms with Gasteiger partial charge in [-0.25, -0.2) is 0 Å². The van der Waals surface area contributed by atoms with E-state index in [1.54, 1.807) is 24.3 Å². The van der Waals surface area contributed by atoms with Gasteiger partial charge < -0.3 is 16.0 Å².